The lowest BCUT2D eigenvalue weighted by Gasteiger charge is -2.12. The van der Waals surface area contributed by atoms with Gasteiger partial charge in [0.2, 0.25) is 0 Å². The highest BCUT2D eigenvalue weighted by molar-refractivity contribution is 5.72. The van der Waals surface area contributed by atoms with Crippen LogP contribution in [0.4, 0.5) is 4.39 Å². The van der Waals surface area contributed by atoms with E-state index < -0.39 is 0 Å². The van der Waals surface area contributed by atoms with Crippen molar-refractivity contribution in [3.05, 3.63) is 58.9 Å². The molecular formula is C20H18FNO3. The predicted octanol–water partition coefficient (Wildman–Crippen LogP) is 4.28. The molecule has 0 fully saturated rings. The van der Waals surface area contributed by atoms with Gasteiger partial charge >= 0.3 is 5.97 Å². The SMILES string of the molecule is CCOC(=O)CCC1OCc2cc(-c3ccc(F)cc3)c(C#N)cc21. The van der Waals surface area contributed by atoms with Gasteiger partial charge in [0.15, 0.2) is 0 Å². The second kappa shape index (κ2) is 7.45. The van der Waals surface area contributed by atoms with Crippen molar-refractivity contribution in [3.8, 4) is 17.2 Å². The van der Waals surface area contributed by atoms with E-state index in [0.29, 0.717) is 25.2 Å². The zero-order valence-corrected chi connectivity index (χ0v) is 13.9. The molecule has 4 nitrogen and oxygen atoms in total. The molecule has 25 heavy (non-hydrogen) atoms. The number of esters is 1. The molecule has 0 bridgehead atoms. The van der Waals surface area contributed by atoms with Crippen LogP contribution in [0, 0.1) is 17.1 Å². The van der Waals surface area contributed by atoms with Crippen LogP contribution in [0.2, 0.25) is 0 Å². The molecule has 0 aromatic heterocycles. The second-order valence-corrected chi connectivity index (χ2v) is 5.86. The molecule has 0 spiro atoms. The number of fused-ring (bicyclic) bond motifs is 1. The smallest absolute Gasteiger partial charge is 0.305 e. The summed E-state index contributed by atoms with van der Waals surface area (Å²) in [6.07, 6.45) is 0.584. The number of carbonyl (C=O) groups is 1. The van der Waals surface area contributed by atoms with Crippen molar-refractivity contribution in [3.63, 3.8) is 0 Å². The number of halogens is 1. The largest absolute Gasteiger partial charge is 0.466 e. The first-order chi connectivity index (χ1) is 12.1. The fraction of sp³-hybridized carbons (Fsp3) is 0.300. The van der Waals surface area contributed by atoms with E-state index in [9.17, 15) is 14.4 Å². The van der Waals surface area contributed by atoms with E-state index in [1.807, 2.05) is 12.1 Å². The summed E-state index contributed by atoms with van der Waals surface area (Å²) >= 11 is 0. The van der Waals surface area contributed by atoms with Crippen molar-refractivity contribution in [2.24, 2.45) is 0 Å². The lowest BCUT2D eigenvalue weighted by molar-refractivity contribution is -0.143. The minimum absolute atomic E-state index is 0.214. The number of nitrogens with zero attached hydrogens (tertiary/aromatic N) is 1. The quantitative estimate of drug-likeness (QED) is 0.763. The molecule has 128 valence electrons. The Kier molecular flexibility index (Phi) is 5.11. The molecule has 2 aromatic rings. The van der Waals surface area contributed by atoms with Gasteiger partial charge in [-0.3, -0.25) is 4.79 Å². The Labute approximate surface area is 145 Å². The molecule has 1 atom stereocenters. The van der Waals surface area contributed by atoms with E-state index >= 15 is 0 Å². The number of nitriles is 1. The number of ether oxygens (including phenoxy) is 2. The van der Waals surface area contributed by atoms with Gasteiger partial charge in [0.1, 0.15) is 5.82 Å². The van der Waals surface area contributed by atoms with E-state index in [-0.39, 0.29) is 24.3 Å². The van der Waals surface area contributed by atoms with Gasteiger partial charge in [0.25, 0.3) is 0 Å². The highest BCUT2D eigenvalue weighted by atomic mass is 19.1. The topological polar surface area (TPSA) is 59.3 Å². The van der Waals surface area contributed by atoms with E-state index in [0.717, 1.165) is 22.3 Å². The Balaban J connectivity index is 1.86. The second-order valence-electron chi connectivity index (χ2n) is 5.86. The third kappa shape index (κ3) is 3.70. The monoisotopic (exact) mass is 339 g/mol. The lowest BCUT2D eigenvalue weighted by Crippen LogP contribution is -2.07. The van der Waals surface area contributed by atoms with Crippen LogP contribution < -0.4 is 0 Å². The van der Waals surface area contributed by atoms with Gasteiger partial charge in [-0.1, -0.05) is 12.1 Å². The van der Waals surface area contributed by atoms with Gasteiger partial charge in [-0.2, -0.15) is 5.26 Å². The van der Waals surface area contributed by atoms with Crippen LogP contribution >= 0.6 is 0 Å². The summed E-state index contributed by atoms with van der Waals surface area (Å²) in [5.41, 5.74) is 3.99. The molecule has 0 saturated carbocycles. The molecule has 0 N–H and O–H groups in total. The minimum Gasteiger partial charge on any atom is -0.466 e. The summed E-state index contributed by atoms with van der Waals surface area (Å²) in [7, 11) is 0. The zero-order valence-electron chi connectivity index (χ0n) is 13.9. The van der Waals surface area contributed by atoms with Crippen molar-refractivity contribution < 1.29 is 18.7 Å². The molecular weight excluding hydrogens is 321 g/mol. The summed E-state index contributed by atoms with van der Waals surface area (Å²) in [6.45, 7) is 2.57. The van der Waals surface area contributed by atoms with Crippen molar-refractivity contribution >= 4 is 5.97 Å². The van der Waals surface area contributed by atoms with E-state index in [4.69, 9.17) is 9.47 Å². The Morgan fingerprint density at radius 1 is 1.36 bits per heavy atom. The Morgan fingerprint density at radius 3 is 2.80 bits per heavy atom. The van der Waals surface area contributed by atoms with E-state index in [1.54, 1.807) is 19.1 Å². The Bertz CT molecular complexity index is 824. The normalized spacial score (nSPS) is 15.5. The average Bonchev–Trinajstić information content (AvgIpc) is 3.01. The molecule has 3 rings (SSSR count). The number of rotatable bonds is 5. The Morgan fingerprint density at radius 2 is 2.12 bits per heavy atom. The van der Waals surface area contributed by atoms with Crippen LogP contribution in [0.3, 0.4) is 0 Å². The fourth-order valence-electron chi connectivity index (χ4n) is 3.05. The van der Waals surface area contributed by atoms with Gasteiger partial charge in [-0.05, 0) is 59.9 Å². The third-order valence-corrected chi connectivity index (χ3v) is 4.26. The average molecular weight is 339 g/mol. The first-order valence-electron chi connectivity index (χ1n) is 8.22. The molecule has 0 radical (unpaired) electrons. The molecule has 2 aromatic carbocycles. The van der Waals surface area contributed by atoms with Crippen molar-refractivity contribution in [2.75, 3.05) is 6.61 Å². The maximum absolute atomic E-state index is 13.1. The highest BCUT2D eigenvalue weighted by Gasteiger charge is 2.26. The standard InChI is InChI=1S/C20H18FNO3/c1-2-24-20(23)8-7-19-18-9-14(11-22)17(10-15(18)12-25-19)13-3-5-16(21)6-4-13/h3-6,9-10,19H,2,7-8,12H2,1H3. The molecule has 1 aliphatic rings. The first-order valence-corrected chi connectivity index (χ1v) is 8.22. The maximum atomic E-state index is 13.1. The molecule has 0 aliphatic carbocycles. The van der Waals surface area contributed by atoms with Crippen LogP contribution in [0.25, 0.3) is 11.1 Å². The summed E-state index contributed by atoms with van der Waals surface area (Å²) in [4.78, 5) is 11.5. The number of carbonyl (C=O) groups excluding carboxylic acids is 1. The summed E-state index contributed by atoms with van der Waals surface area (Å²) < 4.78 is 23.9. The van der Waals surface area contributed by atoms with E-state index in [2.05, 4.69) is 6.07 Å². The van der Waals surface area contributed by atoms with Crippen LogP contribution in [0.15, 0.2) is 36.4 Å². The molecule has 0 saturated heterocycles. The van der Waals surface area contributed by atoms with Gasteiger partial charge in [-0.15, -0.1) is 0 Å². The Hall–Kier alpha value is -2.71. The molecule has 0 amide bonds. The van der Waals surface area contributed by atoms with Crippen molar-refractivity contribution in [1.82, 2.24) is 0 Å². The van der Waals surface area contributed by atoms with Gasteiger partial charge in [0.05, 0.1) is 31.0 Å². The first kappa shape index (κ1) is 17.1. The lowest BCUT2D eigenvalue weighted by atomic mass is 9.92. The van der Waals surface area contributed by atoms with Crippen molar-refractivity contribution in [2.45, 2.75) is 32.5 Å². The van der Waals surface area contributed by atoms with Crippen molar-refractivity contribution in [1.29, 1.82) is 5.26 Å². The van der Waals surface area contributed by atoms with Crippen LogP contribution in [-0.2, 0) is 20.9 Å². The van der Waals surface area contributed by atoms with Crippen LogP contribution in [0.1, 0.15) is 42.6 Å². The summed E-state index contributed by atoms with van der Waals surface area (Å²) in [5, 5.41) is 9.50. The van der Waals surface area contributed by atoms with Gasteiger partial charge < -0.3 is 9.47 Å². The number of hydrogen-bond donors (Lipinski definition) is 0. The molecule has 1 aliphatic heterocycles. The summed E-state index contributed by atoms with van der Waals surface area (Å²) in [6, 6.07) is 12.0. The molecule has 1 heterocycles. The zero-order chi connectivity index (χ0) is 17.8. The van der Waals surface area contributed by atoms with Crippen LogP contribution in [-0.4, -0.2) is 12.6 Å². The molecule has 5 heteroatoms. The van der Waals surface area contributed by atoms with Gasteiger partial charge in [0, 0.05) is 6.42 Å². The molecule has 1 unspecified atom stereocenters. The highest BCUT2D eigenvalue weighted by Crippen LogP contribution is 2.38. The van der Waals surface area contributed by atoms with E-state index in [1.165, 1.54) is 12.1 Å². The fourth-order valence-corrected chi connectivity index (χ4v) is 3.05. The number of benzene rings is 2. The minimum atomic E-state index is -0.314. The van der Waals surface area contributed by atoms with Crippen LogP contribution in [0.5, 0.6) is 0 Å². The van der Waals surface area contributed by atoms with Gasteiger partial charge in [-0.25, -0.2) is 4.39 Å². The summed E-state index contributed by atoms with van der Waals surface area (Å²) in [5.74, 6) is -0.561. The third-order valence-electron chi connectivity index (χ3n) is 4.26. The predicted molar refractivity (Wildman–Crippen MR) is 89.9 cm³/mol. The number of hydrogen-bond acceptors (Lipinski definition) is 4. The maximum Gasteiger partial charge on any atom is 0.305 e.